The summed E-state index contributed by atoms with van der Waals surface area (Å²) in [4.78, 5) is 13.8. The molecule has 0 aliphatic rings. The first-order valence-electron chi connectivity index (χ1n) is 6.36. The van der Waals surface area contributed by atoms with Crippen molar-refractivity contribution in [1.82, 2.24) is 4.90 Å². The predicted molar refractivity (Wildman–Crippen MR) is 69.3 cm³/mol. The van der Waals surface area contributed by atoms with Gasteiger partial charge in [0, 0.05) is 13.2 Å². The molecule has 0 heterocycles. The van der Waals surface area contributed by atoms with Gasteiger partial charge in [-0.3, -0.25) is 9.69 Å². The molecule has 0 fully saturated rings. The van der Waals surface area contributed by atoms with Crippen LogP contribution in [0.1, 0.15) is 24.2 Å². The van der Waals surface area contributed by atoms with Crippen LogP contribution in [0.5, 0.6) is 0 Å². The van der Waals surface area contributed by atoms with E-state index in [1.54, 1.807) is 0 Å². The molecule has 0 amide bonds. The van der Waals surface area contributed by atoms with Gasteiger partial charge in [0.05, 0.1) is 18.7 Å². The van der Waals surface area contributed by atoms with Gasteiger partial charge < -0.3 is 4.74 Å². The zero-order chi connectivity index (χ0) is 14.3. The Morgan fingerprint density at radius 3 is 2.68 bits per heavy atom. The van der Waals surface area contributed by atoms with Crippen molar-refractivity contribution in [2.24, 2.45) is 0 Å². The summed E-state index contributed by atoms with van der Waals surface area (Å²) in [5.74, 6) is -1.72. The predicted octanol–water partition coefficient (Wildman–Crippen LogP) is 2.51. The number of likely N-dealkylation sites (N-methyl/N-ethyl adjacent to an activating group) is 1. The number of rotatable bonds is 8. The molecule has 1 aromatic carbocycles. The van der Waals surface area contributed by atoms with E-state index in [1.165, 1.54) is 0 Å². The molecular formula is C14H19F2NO2. The summed E-state index contributed by atoms with van der Waals surface area (Å²) in [6, 6.07) is 2.91. The van der Waals surface area contributed by atoms with Gasteiger partial charge in [0.15, 0.2) is 5.78 Å². The standard InChI is InChI=1S/C14H19F2NO2/c1-3-17(7-8-19-4-2)10-14(18)12-9-11(15)5-6-13(12)16/h5-6,9H,3-4,7-8,10H2,1-2H3. The maximum atomic E-state index is 13.5. The van der Waals surface area contributed by atoms with Crippen molar-refractivity contribution in [3.8, 4) is 0 Å². The Kier molecular flexibility index (Phi) is 6.59. The molecule has 0 aliphatic heterocycles. The van der Waals surface area contributed by atoms with Crippen molar-refractivity contribution < 1.29 is 18.3 Å². The van der Waals surface area contributed by atoms with Crippen molar-refractivity contribution in [1.29, 1.82) is 0 Å². The molecule has 0 aromatic heterocycles. The van der Waals surface area contributed by atoms with Crippen molar-refractivity contribution in [2.75, 3.05) is 32.8 Å². The van der Waals surface area contributed by atoms with Crippen LogP contribution in [0, 0.1) is 11.6 Å². The number of ketones is 1. The largest absolute Gasteiger partial charge is 0.380 e. The number of carbonyl (C=O) groups is 1. The Labute approximate surface area is 112 Å². The van der Waals surface area contributed by atoms with Gasteiger partial charge in [-0.25, -0.2) is 8.78 Å². The SMILES string of the molecule is CCOCCN(CC)CC(=O)c1cc(F)ccc1F. The van der Waals surface area contributed by atoms with Crippen LogP contribution in [0.3, 0.4) is 0 Å². The summed E-state index contributed by atoms with van der Waals surface area (Å²) >= 11 is 0. The van der Waals surface area contributed by atoms with Crippen LogP contribution in [0.25, 0.3) is 0 Å². The van der Waals surface area contributed by atoms with Crippen LogP contribution in [-0.4, -0.2) is 43.5 Å². The number of carbonyl (C=O) groups excluding carboxylic acids is 1. The molecule has 0 N–H and O–H groups in total. The highest BCUT2D eigenvalue weighted by Gasteiger charge is 2.15. The van der Waals surface area contributed by atoms with E-state index < -0.39 is 17.4 Å². The van der Waals surface area contributed by atoms with Crippen molar-refractivity contribution in [3.63, 3.8) is 0 Å². The minimum absolute atomic E-state index is 0.0595. The highest BCUT2D eigenvalue weighted by molar-refractivity contribution is 5.97. The maximum Gasteiger partial charge on any atom is 0.179 e. The van der Waals surface area contributed by atoms with E-state index in [2.05, 4.69) is 0 Å². The van der Waals surface area contributed by atoms with Gasteiger partial charge >= 0.3 is 0 Å². The minimum Gasteiger partial charge on any atom is -0.380 e. The van der Waals surface area contributed by atoms with Crippen molar-refractivity contribution >= 4 is 5.78 Å². The molecule has 0 bridgehead atoms. The summed E-state index contributed by atoms with van der Waals surface area (Å²) in [5.41, 5.74) is -0.199. The quantitative estimate of drug-likeness (QED) is 0.537. The average Bonchev–Trinajstić information content (AvgIpc) is 2.40. The molecule has 0 spiro atoms. The zero-order valence-corrected chi connectivity index (χ0v) is 11.3. The van der Waals surface area contributed by atoms with E-state index in [0.717, 1.165) is 18.2 Å². The number of ether oxygens (including phenoxy) is 1. The molecule has 3 nitrogen and oxygen atoms in total. The van der Waals surface area contributed by atoms with E-state index in [-0.39, 0.29) is 12.1 Å². The Hall–Kier alpha value is -1.33. The number of benzene rings is 1. The minimum atomic E-state index is -0.688. The molecule has 1 aromatic rings. The molecule has 0 unspecified atom stereocenters. The number of nitrogens with zero attached hydrogens (tertiary/aromatic N) is 1. The second-order valence-electron chi connectivity index (χ2n) is 4.11. The van der Waals surface area contributed by atoms with E-state index in [4.69, 9.17) is 4.74 Å². The fourth-order valence-electron chi connectivity index (χ4n) is 1.69. The van der Waals surface area contributed by atoms with E-state index >= 15 is 0 Å². The lowest BCUT2D eigenvalue weighted by Crippen LogP contribution is -2.33. The lowest BCUT2D eigenvalue weighted by atomic mass is 10.1. The van der Waals surface area contributed by atoms with Crippen LogP contribution in [0.15, 0.2) is 18.2 Å². The highest BCUT2D eigenvalue weighted by Crippen LogP contribution is 2.11. The third-order valence-corrected chi connectivity index (χ3v) is 2.80. The van der Waals surface area contributed by atoms with E-state index in [9.17, 15) is 13.6 Å². The molecule has 0 radical (unpaired) electrons. The van der Waals surface area contributed by atoms with Crippen LogP contribution in [-0.2, 0) is 4.74 Å². The van der Waals surface area contributed by atoms with Gasteiger partial charge in [0.1, 0.15) is 11.6 Å². The van der Waals surface area contributed by atoms with Gasteiger partial charge in [-0.15, -0.1) is 0 Å². The molecule has 106 valence electrons. The van der Waals surface area contributed by atoms with Gasteiger partial charge in [-0.05, 0) is 31.7 Å². The number of hydrogen-bond donors (Lipinski definition) is 0. The van der Waals surface area contributed by atoms with Gasteiger partial charge in [0.2, 0.25) is 0 Å². The lowest BCUT2D eigenvalue weighted by molar-refractivity contribution is 0.0864. The molecule has 0 saturated carbocycles. The first kappa shape index (κ1) is 15.7. The van der Waals surface area contributed by atoms with Gasteiger partial charge in [-0.2, -0.15) is 0 Å². The van der Waals surface area contributed by atoms with E-state index in [0.29, 0.717) is 26.3 Å². The Morgan fingerprint density at radius 1 is 1.32 bits per heavy atom. The summed E-state index contributed by atoms with van der Waals surface area (Å²) in [6.45, 7) is 6.23. The van der Waals surface area contributed by atoms with Gasteiger partial charge in [-0.1, -0.05) is 6.92 Å². The second-order valence-corrected chi connectivity index (χ2v) is 4.11. The monoisotopic (exact) mass is 271 g/mol. The summed E-state index contributed by atoms with van der Waals surface area (Å²) in [7, 11) is 0. The summed E-state index contributed by atoms with van der Waals surface area (Å²) in [5, 5.41) is 0. The number of hydrogen-bond acceptors (Lipinski definition) is 3. The van der Waals surface area contributed by atoms with Crippen molar-refractivity contribution in [3.05, 3.63) is 35.4 Å². The lowest BCUT2D eigenvalue weighted by Gasteiger charge is -2.19. The third-order valence-electron chi connectivity index (χ3n) is 2.80. The molecule has 0 saturated heterocycles. The Bertz CT molecular complexity index is 424. The molecular weight excluding hydrogens is 252 g/mol. The topological polar surface area (TPSA) is 29.5 Å². The number of halogens is 2. The van der Waals surface area contributed by atoms with Gasteiger partial charge in [0.25, 0.3) is 0 Å². The van der Waals surface area contributed by atoms with Crippen LogP contribution < -0.4 is 0 Å². The fourth-order valence-corrected chi connectivity index (χ4v) is 1.69. The van der Waals surface area contributed by atoms with Crippen molar-refractivity contribution in [2.45, 2.75) is 13.8 Å². The van der Waals surface area contributed by atoms with E-state index in [1.807, 2.05) is 18.7 Å². The first-order chi connectivity index (χ1) is 9.08. The molecule has 0 atom stereocenters. The second kappa shape index (κ2) is 7.96. The fraction of sp³-hybridized carbons (Fsp3) is 0.500. The Balaban J connectivity index is 2.63. The molecule has 1 rings (SSSR count). The number of Topliss-reactive ketones (excluding diaryl/α,β-unsaturated/α-hetero) is 1. The Morgan fingerprint density at radius 2 is 2.05 bits per heavy atom. The molecule has 19 heavy (non-hydrogen) atoms. The smallest absolute Gasteiger partial charge is 0.179 e. The highest BCUT2D eigenvalue weighted by atomic mass is 19.1. The molecule has 5 heteroatoms. The average molecular weight is 271 g/mol. The summed E-state index contributed by atoms with van der Waals surface area (Å²) < 4.78 is 31.7. The van der Waals surface area contributed by atoms with Crippen LogP contribution in [0.2, 0.25) is 0 Å². The third kappa shape index (κ3) is 5.04. The molecule has 0 aliphatic carbocycles. The first-order valence-corrected chi connectivity index (χ1v) is 6.36. The summed E-state index contributed by atoms with van der Waals surface area (Å²) in [6.07, 6.45) is 0. The maximum absolute atomic E-state index is 13.5. The van der Waals surface area contributed by atoms with Crippen LogP contribution >= 0.6 is 0 Å². The zero-order valence-electron chi connectivity index (χ0n) is 11.3. The normalized spacial score (nSPS) is 11.0. The van der Waals surface area contributed by atoms with Crippen LogP contribution in [0.4, 0.5) is 8.78 Å².